The molecule has 1 aliphatic heterocycles. The van der Waals surface area contributed by atoms with Crippen LogP contribution in [0.1, 0.15) is 24.2 Å². The zero-order valence-electron chi connectivity index (χ0n) is 12.2. The molecule has 1 atom stereocenters. The molecule has 0 saturated carbocycles. The van der Waals surface area contributed by atoms with Crippen LogP contribution >= 0.6 is 12.6 Å². The first-order valence-electron chi connectivity index (χ1n) is 6.97. The summed E-state index contributed by atoms with van der Waals surface area (Å²) in [6.07, 6.45) is 0. The monoisotopic (exact) mass is 308 g/mol. The summed E-state index contributed by atoms with van der Waals surface area (Å²) >= 11 is 4.31. The van der Waals surface area contributed by atoms with E-state index in [2.05, 4.69) is 17.9 Å². The van der Waals surface area contributed by atoms with E-state index in [1.54, 1.807) is 23.1 Å². The van der Waals surface area contributed by atoms with E-state index in [1.807, 2.05) is 19.9 Å². The number of hydrogen-bond donors (Lipinski definition) is 2. The predicted octanol–water partition coefficient (Wildman–Crippen LogP) is 1.34. The number of carbonyl (C=O) groups excluding carboxylic acids is 2. The molecule has 0 spiro atoms. The summed E-state index contributed by atoms with van der Waals surface area (Å²) in [5.41, 5.74) is 0.505. The lowest BCUT2D eigenvalue weighted by Gasteiger charge is -2.35. The zero-order valence-corrected chi connectivity index (χ0v) is 13.1. The minimum Gasteiger partial charge on any atom is -0.377 e. The standard InChI is InChI=1S/C15H20N2O3S/c1-10(2)16-14(18)12-9-20-8-7-17(12)15(19)11-5-3-4-6-13(11)21/h3-6,10,12,21H,7-9H2,1-2H3,(H,16,18). The van der Waals surface area contributed by atoms with E-state index in [-0.39, 0.29) is 24.5 Å². The van der Waals surface area contributed by atoms with Gasteiger partial charge >= 0.3 is 0 Å². The fraction of sp³-hybridized carbons (Fsp3) is 0.467. The lowest BCUT2D eigenvalue weighted by molar-refractivity contribution is -0.131. The quantitative estimate of drug-likeness (QED) is 0.829. The van der Waals surface area contributed by atoms with E-state index >= 15 is 0 Å². The zero-order chi connectivity index (χ0) is 15.4. The molecule has 1 unspecified atom stereocenters. The van der Waals surface area contributed by atoms with Gasteiger partial charge in [0.25, 0.3) is 5.91 Å². The van der Waals surface area contributed by atoms with E-state index in [0.29, 0.717) is 23.6 Å². The Morgan fingerprint density at radius 3 is 2.76 bits per heavy atom. The Kier molecular flexibility index (Phi) is 5.25. The first-order chi connectivity index (χ1) is 10.0. The molecule has 2 amide bonds. The third-order valence-electron chi connectivity index (χ3n) is 3.26. The van der Waals surface area contributed by atoms with Crippen molar-refractivity contribution in [2.24, 2.45) is 0 Å². The van der Waals surface area contributed by atoms with E-state index in [1.165, 1.54) is 0 Å². The van der Waals surface area contributed by atoms with Crippen LogP contribution in [0.3, 0.4) is 0 Å². The number of ether oxygens (including phenoxy) is 1. The molecular weight excluding hydrogens is 288 g/mol. The number of nitrogens with zero attached hydrogens (tertiary/aromatic N) is 1. The Morgan fingerprint density at radius 1 is 1.38 bits per heavy atom. The summed E-state index contributed by atoms with van der Waals surface area (Å²) in [5.74, 6) is -0.373. The van der Waals surface area contributed by atoms with Crippen molar-refractivity contribution in [1.29, 1.82) is 0 Å². The van der Waals surface area contributed by atoms with Gasteiger partial charge in [-0.15, -0.1) is 12.6 Å². The second kappa shape index (κ2) is 6.95. The van der Waals surface area contributed by atoms with Gasteiger partial charge in [-0.05, 0) is 26.0 Å². The molecule has 21 heavy (non-hydrogen) atoms. The molecule has 0 bridgehead atoms. The number of nitrogens with one attached hydrogen (secondary N) is 1. The molecule has 1 fully saturated rings. The molecule has 1 aromatic rings. The highest BCUT2D eigenvalue weighted by Crippen LogP contribution is 2.18. The van der Waals surface area contributed by atoms with Gasteiger partial charge in [0.05, 0.1) is 18.8 Å². The SMILES string of the molecule is CC(C)NC(=O)C1COCCN1C(=O)c1ccccc1S. The van der Waals surface area contributed by atoms with Crippen molar-refractivity contribution < 1.29 is 14.3 Å². The summed E-state index contributed by atoms with van der Waals surface area (Å²) in [6.45, 7) is 4.83. The largest absolute Gasteiger partial charge is 0.377 e. The number of amides is 2. The average molecular weight is 308 g/mol. The Labute approximate surface area is 130 Å². The molecule has 0 aliphatic carbocycles. The van der Waals surface area contributed by atoms with Crippen LogP contribution in [0, 0.1) is 0 Å². The average Bonchev–Trinajstić information content (AvgIpc) is 2.46. The third kappa shape index (κ3) is 3.77. The van der Waals surface area contributed by atoms with Gasteiger partial charge < -0.3 is 15.0 Å². The molecule has 6 heteroatoms. The fourth-order valence-electron chi connectivity index (χ4n) is 2.25. The third-order valence-corrected chi connectivity index (χ3v) is 3.65. The minimum absolute atomic E-state index is 0.0218. The number of morpholine rings is 1. The molecule has 2 rings (SSSR count). The smallest absolute Gasteiger partial charge is 0.255 e. The van der Waals surface area contributed by atoms with Gasteiger partial charge in [0.15, 0.2) is 0 Å². The highest BCUT2D eigenvalue weighted by molar-refractivity contribution is 7.80. The lowest BCUT2D eigenvalue weighted by Crippen LogP contribution is -2.56. The maximum absolute atomic E-state index is 12.7. The molecular formula is C15H20N2O3S. The molecule has 0 aromatic heterocycles. The van der Waals surface area contributed by atoms with Crippen molar-refractivity contribution >= 4 is 24.4 Å². The van der Waals surface area contributed by atoms with Gasteiger partial charge in [-0.25, -0.2) is 0 Å². The summed E-state index contributed by atoms with van der Waals surface area (Å²) in [4.78, 5) is 27.1. The molecule has 0 radical (unpaired) electrons. The Balaban J connectivity index is 2.20. The van der Waals surface area contributed by atoms with Crippen molar-refractivity contribution in [3.05, 3.63) is 29.8 Å². The second-order valence-electron chi connectivity index (χ2n) is 5.27. The Hall–Kier alpha value is -1.53. The van der Waals surface area contributed by atoms with Gasteiger partial charge in [0.2, 0.25) is 5.91 Å². The summed E-state index contributed by atoms with van der Waals surface area (Å²) < 4.78 is 5.36. The Morgan fingerprint density at radius 2 is 2.10 bits per heavy atom. The highest BCUT2D eigenvalue weighted by atomic mass is 32.1. The van der Waals surface area contributed by atoms with Crippen LogP contribution in [0.25, 0.3) is 0 Å². The molecule has 1 aromatic carbocycles. The van der Waals surface area contributed by atoms with Gasteiger partial charge in [-0.1, -0.05) is 12.1 Å². The first kappa shape index (κ1) is 15.9. The van der Waals surface area contributed by atoms with Crippen LogP contribution in [-0.2, 0) is 9.53 Å². The van der Waals surface area contributed by atoms with Gasteiger partial charge in [0.1, 0.15) is 6.04 Å². The normalized spacial score (nSPS) is 18.7. The van der Waals surface area contributed by atoms with Crippen LogP contribution in [0.15, 0.2) is 29.2 Å². The first-order valence-corrected chi connectivity index (χ1v) is 7.42. The topological polar surface area (TPSA) is 58.6 Å². The number of rotatable bonds is 3. The van der Waals surface area contributed by atoms with E-state index in [9.17, 15) is 9.59 Å². The highest BCUT2D eigenvalue weighted by Gasteiger charge is 2.34. The van der Waals surface area contributed by atoms with E-state index in [0.717, 1.165) is 0 Å². The van der Waals surface area contributed by atoms with Crippen molar-refractivity contribution in [3.8, 4) is 0 Å². The van der Waals surface area contributed by atoms with Crippen molar-refractivity contribution in [3.63, 3.8) is 0 Å². The molecule has 114 valence electrons. The maximum atomic E-state index is 12.7. The number of carbonyl (C=O) groups is 2. The van der Waals surface area contributed by atoms with Crippen molar-refractivity contribution in [2.75, 3.05) is 19.8 Å². The van der Waals surface area contributed by atoms with Gasteiger partial charge in [0, 0.05) is 17.5 Å². The molecule has 1 heterocycles. The molecule has 5 nitrogen and oxygen atoms in total. The number of thiol groups is 1. The van der Waals surface area contributed by atoms with E-state index < -0.39 is 6.04 Å². The summed E-state index contributed by atoms with van der Waals surface area (Å²) in [6, 6.07) is 6.52. The number of benzene rings is 1. The number of hydrogen-bond acceptors (Lipinski definition) is 4. The molecule has 1 N–H and O–H groups in total. The lowest BCUT2D eigenvalue weighted by atomic mass is 10.1. The maximum Gasteiger partial charge on any atom is 0.255 e. The van der Waals surface area contributed by atoms with Crippen molar-refractivity contribution in [1.82, 2.24) is 10.2 Å². The van der Waals surface area contributed by atoms with Crippen LogP contribution < -0.4 is 5.32 Å². The summed E-state index contributed by atoms with van der Waals surface area (Å²) in [5, 5.41) is 2.83. The second-order valence-corrected chi connectivity index (χ2v) is 5.75. The molecule has 1 saturated heterocycles. The van der Waals surface area contributed by atoms with Crippen LogP contribution in [0.2, 0.25) is 0 Å². The van der Waals surface area contributed by atoms with Crippen LogP contribution in [0.5, 0.6) is 0 Å². The van der Waals surface area contributed by atoms with Gasteiger partial charge in [-0.2, -0.15) is 0 Å². The molecule has 1 aliphatic rings. The minimum atomic E-state index is -0.596. The summed E-state index contributed by atoms with van der Waals surface area (Å²) in [7, 11) is 0. The Bertz CT molecular complexity index is 533. The van der Waals surface area contributed by atoms with Crippen LogP contribution in [-0.4, -0.2) is 48.6 Å². The van der Waals surface area contributed by atoms with Crippen LogP contribution in [0.4, 0.5) is 0 Å². The fourth-order valence-corrected chi connectivity index (χ4v) is 2.51. The van der Waals surface area contributed by atoms with Gasteiger partial charge in [-0.3, -0.25) is 9.59 Å². The van der Waals surface area contributed by atoms with E-state index in [4.69, 9.17) is 4.74 Å². The van der Waals surface area contributed by atoms with Crippen molar-refractivity contribution in [2.45, 2.75) is 30.8 Å². The predicted molar refractivity (Wildman–Crippen MR) is 82.6 cm³/mol.